The lowest BCUT2D eigenvalue weighted by molar-refractivity contribution is 0.305. The van der Waals surface area contributed by atoms with Gasteiger partial charge in [0.15, 0.2) is 0 Å². The summed E-state index contributed by atoms with van der Waals surface area (Å²) >= 11 is 0. The SMILES string of the molecule is [CH2]c1cnon1. The van der Waals surface area contributed by atoms with Gasteiger partial charge in [-0.3, -0.25) is 0 Å². The topological polar surface area (TPSA) is 38.9 Å². The molecule has 1 rings (SSSR count). The number of nitrogens with zero attached hydrogens (tertiary/aromatic N) is 2. The molecule has 3 heteroatoms. The van der Waals surface area contributed by atoms with E-state index in [1.807, 2.05) is 0 Å². The van der Waals surface area contributed by atoms with Crippen LogP contribution in [0.2, 0.25) is 0 Å². The largest absolute Gasteiger partial charge is 0.244 e. The van der Waals surface area contributed by atoms with E-state index in [0.29, 0.717) is 5.69 Å². The molecule has 0 aliphatic heterocycles. The summed E-state index contributed by atoms with van der Waals surface area (Å²) in [4.78, 5) is 0. The van der Waals surface area contributed by atoms with Gasteiger partial charge in [0.2, 0.25) is 0 Å². The Kier molecular flexibility index (Phi) is 0.602. The van der Waals surface area contributed by atoms with E-state index in [1.165, 1.54) is 6.20 Å². The zero-order valence-electron chi connectivity index (χ0n) is 3.09. The van der Waals surface area contributed by atoms with E-state index in [-0.39, 0.29) is 0 Å². The standard InChI is InChI=1S/C3H3N2O/c1-3-2-4-6-5-3/h2H,1H2. The molecule has 0 aliphatic rings. The van der Waals surface area contributed by atoms with Crippen molar-refractivity contribution in [1.29, 1.82) is 0 Å². The number of hydrogen-bond acceptors (Lipinski definition) is 3. The van der Waals surface area contributed by atoms with Crippen molar-refractivity contribution in [2.45, 2.75) is 0 Å². The molecule has 3 nitrogen and oxygen atoms in total. The Morgan fingerprint density at radius 2 is 2.67 bits per heavy atom. The third-order valence-electron chi connectivity index (χ3n) is 0.407. The van der Waals surface area contributed by atoms with Gasteiger partial charge in [0.25, 0.3) is 0 Å². The molecule has 1 aromatic rings. The normalized spacial score (nSPS) is 8.83. The molecule has 0 amide bonds. The summed E-state index contributed by atoms with van der Waals surface area (Å²) in [6.07, 6.45) is 1.44. The maximum Gasteiger partial charge on any atom is 0.105 e. The van der Waals surface area contributed by atoms with E-state index >= 15 is 0 Å². The van der Waals surface area contributed by atoms with Gasteiger partial charge in [-0.15, -0.1) is 0 Å². The molecule has 0 N–H and O–H groups in total. The van der Waals surface area contributed by atoms with Crippen LogP contribution in [0.15, 0.2) is 10.8 Å². The van der Waals surface area contributed by atoms with E-state index in [4.69, 9.17) is 0 Å². The van der Waals surface area contributed by atoms with Crippen molar-refractivity contribution in [3.63, 3.8) is 0 Å². The Labute approximate surface area is 34.9 Å². The molecule has 31 valence electrons. The van der Waals surface area contributed by atoms with Gasteiger partial charge < -0.3 is 0 Å². The van der Waals surface area contributed by atoms with Gasteiger partial charge in [-0.1, -0.05) is 10.3 Å². The molecule has 6 heavy (non-hydrogen) atoms. The highest BCUT2D eigenvalue weighted by molar-refractivity contribution is 4.91. The lowest BCUT2D eigenvalue weighted by Gasteiger charge is -1.58. The van der Waals surface area contributed by atoms with Crippen molar-refractivity contribution in [2.75, 3.05) is 0 Å². The third-order valence-corrected chi connectivity index (χ3v) is 0.407. The van der Waals surface area contributed by atoms with Crippen LogP contribution in [-0.2, 0) is 0 Å². The molecule has 0 saturated heterocycles. The first kappa shape index (κ1) is 3.33. The smallest absolute Gasteiger partial charge is 0.105 e. The first-order valence-electron chi connectivity index (χ1n) is 1.49. The summed E-state index contributed by atoms with van der Waals surface area (Å²) in [6.45, 7) is 3.41. The average Bonchev–Trinajstić information content (AvgIpc) is 1.86. The van der Waals surface area contributed by atoms with Gasteiger partial charge in [0.05, 0.1) is 6.20 Å². The fourth-order valence-corrected chi connectivity index (χ4v) is 0.184. The molecule has 0 bridgehead atoms. The van der Waals surface area contributed by atoms with E-state index in [9.17, 15) is 0 Å². The molecule has 0 atom stereocenters. The number of hydrogen-bond donors (Lipinski definition) is 0. The van der Waals surface area contributed by atoms with Crippen molar-refractivity contribution >= 4 is 0 Å². The highest BCUT2D eigenvalue weighted by Gasteiger charge is 1.80. The van der Waals surface area contributed by atoms with Gasteiger partial charge in [-0.25, -0.2) is 4.63 Å². The van der Waals surface area contributed by atoms with E-state index < -0.39 is 0 Å². The summed E-state index contributed by atoms with van der Waals surface area (Å²) in [5, 5.41) is 6.59. The second kappa shape index (κ2) is 1.08. The van der Waals surface area contributed by atoms with Crippen LogP contribution < -0.4 is 0 Å². The second-order valence-electron chi connectivity index (χ2n) is 0.899. The highest BCUT2D eigenvalue weighted by Crippen LogP contribution is 1.80. The average molecular weight is 83.1 g/mol. The molecular formula is C3H3N2O. The van der Waals surface area contributed by atoms with Crippen molar-refractivity contribution < 1.29 is 4.63 Å². The first-order chi connectivity index (χ1) is 2.89. The Hall–Kier alpha value is -0.860. The lowest BCUT2D eigenvalue weighted by atomic mass is 10.6. The molecular weight excluding hydrogens is 80.0 g/mol. The summed E-state index contributed by atoms with van der Waals surface area (Å²) < 4.78 is 4.15. The van der Waals surface area contributed by atoms with Crippen LogP contribution in [-0.4, -0.2) is 10.3 Å². The Morgan fingerprint density at radius 3 is 2.83 bits per heavy atom. The quantitative estimate of drug-likeness (QED) is 0.451. The fraction of sp³-hybridized carbons (Fsp3) is 0. The van der Waals surface area contributed by atoms with Gasteiger partial charge in [0, 0.05) is 6.92 Å². The van der Waals surface area contributed by atoms with Crippen LogP contribution in [0.1, 0.15) is 5.69 Å². The van der Waals surface area contributed by atoms with Crippen LogP contribution in [0.5, 0.6) is 0 Å². The first-order valence-corrected chi connectivity index (χ1v) is 1.49. The van der Waals surface area contributed by atoms with Crippen LogP contribution in [0, 0.1) is 6.92 Å². The van der Waals surface area contributed by atoms with Crippen molar-refractivity contribution in [1.82, 2.24) is 10.3 Å². The molecule has 0 fully saturated rings. The maximum absolute atomic E-state index is 4.15. The van der Waals surface area contributed by atoms with Crippen molar-refractivity contribution in [2.24, 2.45) is 0 Å². The minimum atomic E-state index is 0.565. The molecule has 0 aromatic carbocycles. The molecule has 0 saturated carbocycles. The minimum Gasteiger partial charge on any atom is -0.244 e. The summed E-state index contributed by atoms with van der Waals surface area (Å²) in [5.41, 5.74) is 0.565. The zero-order chi connectivity index (χ0) is 4.41. The molecule has 1 heterocycles. The Morgan fingerprint density at radius 1 is 1.83 bits per heavy atom. The minimum absolute atomic E-state index is 0.565. The molecule has 1 aromatic heterocycles. The van der Waals surface area contributed by atoms with E-state index in [0.717, 1.165) is 0 Å². The molecule has 0 spiro atoms. The zero-order valence-corrected chi connectivity index (χ0v) is 3.09. The maximum atomic E-state index is 4.15. The summed E-state index contributed by atoms with van der Waals surface area (Å²) in [6, 6.07) is 0. The Bertz CT molecular complexity index is 112. The van der Waals surface area contributed by atoms with E-state index in [1.54, 1.807) is 0 Å². The van der Waals surface area contributed by atoms with Gasteiger partial charge >= 0.3 is 0 Å². The number of aromatic nitrogens is 2. The van der Waals surface area contributed by atoms with Gasteiger partial charge in [-0.2, -0.15) is 0 Å². The third kappa shape index (κ3) is 0.381. The number of rotatable bonds is 0. The fourth-order valence-electron chi connectivity index (χ4n) is 0.184. The Balaban J connectivity index is 3.05. The van der Waals surface area contributed by atoms with Crippen molar-refractivity contribution in [3.8, 4) is 0 Å². The summed E-state index contributed by atoms with van der Waals surface area (Å²) in [5.74, 6) is 0. The predicted octanol–water partition coefficient (Wildman–Crippen LogP) is 0.252. The van der Waals surface area contributed by atoms with Crippen LogP contribution in [0.4, 0.5) is 0 Å². The lowest BCUT2D eigenvalue weighted by Crippen LogP contribution is -1.59. The van der Waals surface area contributed by atoms with Gasteiger partial charge in [-0.05, 0) is 0 Å². The van der Waals surface area contributed by atoms with Gasteiger partial charge in [0.1, 0.15) is 5.69 Å². The van der Waals surface area contributed by atoms with Crippen LogP contribution in [0.3, 0.4) is 0 Å². The molecule has 0 unspecified atom stereocenters. The van der Waals surface area contributed by atoms with Crippen LogP contribution >= 0.6 is 0 Å². The van der Waals surface area contributed by atoms with Crippen molar-refractivity contribution in [3.05, 3.63) is 18.8 Å². The van der Waals surface area contributed by atoms with E-state index in [2.05, 4.69) is 21.9 Å². The highest BCUT2D eigenvalue weighted by atomic mass is 16.6. The second-order valence-corrected chi connectivity index (χ2v) is 0.899. The predicted molar refractivity (Wildman–Crippen MR) is 18.8 cm³/mol. The molecule has 0 aliphatic carbocycles. The van der Waals surface area contributed by atoms with Crippen LogP contribution in [0.25, 0.3) is 0 Å². The molecule has 1 radical (unpaired) electrons. The summed E-state index contributed by atoms with van der Waals surface area (Å²) in [7, 11) is 0. The monoisotopic (exact) mass is 83.0 g/mol.